The maximum Gasteiger partial charge on any atom is 0.269 e. The summed E-state index contributed by atoms with van der Waals surface area (Å²) in [5, 5.41) is 17.2. The van der Waals surface area contributed by atoms with Crippen molar-refractivity contribution in [2.75, 3.05) is 26.1 Å². The number of non-ortho nitro benzene ring substituents is 1. The van der Waals surface area contributed by atoms with Gasteiger partial charge in [-0.3, -0.25) is 10.1 Å². The van der Waals surface area contributed by atoms with E-state index in [9.17, 15) is 10.1 Å². The third kappa shape index (κ3) is 5.32. The Bertz CT molecular complexity index is 750. The zero-order chi connectivity index (χ0) is 18.2. The Morgan fingerprint density at radius 1 is 1.12 bits per heavy atom. The summed E-state index contributed by atoms with van der Waals surface area (Å²) >= 11 is 5.22. The normalized spacial score (nSPS) is 10.0. The molecule has 0 aliphatic rings. The second kappa shape index (κ2) is 8.84. The van der Waals surface area contributed by atoms with Gasteiger partial charge in [-0.25, -0.2) is 0 Å². The summed E-state index contributed by atoms with van der Waals surface area (Å²) in [6, 6.07) is 11.8. The zero-order valence-electron chi connectivity index (χ0n) is 13.9. The standard InChI is InChI=1S/C17H19N3O4S/c1-23-15-8-3-12(11-16(15)24-2)9-10-18-17(25)19-13-4-6-14(7-5-13)20(21)22/h3-8,11H,9-10H2,1-2H3,(H2,18,19,25). The van der Waals surface area contributed by atoms with Crippen molar-refractivity contribution in [2.45, 2.75) is 6.42 Å². The molecule has 0 amide bonds. The summed E-state index contributed by atoms with van der Waals surface area (Å²) in [4.78, 5) is 10.2. The van der Waals surface area contributed by atoms with Crippen molar-refractivity contribution in [3.8, 4) is 11.5 Å². The van der Waals surface area contributed by atoms with Crippen molar-refractivity contribution in [1.82, 2.24) is 5.32 Å². The lowest BCUT2D eigenvalue weighted by atomic mass is 10.1. The fourth-order valence-electron chi connectivity index (χ4n) is 2.20. The number of anilines is 1. The van der Waals surface area contributed by atoms with Gasteiger partial charge < -0.3 is 20.1 Å². The fourth-order valence-corrected chi connectivity index (χ4v) is 2.42. The highest BCUT2D eigenvalue weighted by molar-refractivity contribution is 7.80. The zero-order valence-corrected chi connectivity index (χ0v) is 14.8. The van der Waals surface area contributed by atoms with Crippen LogP contribution in [0.2, 0.25) is 0 Å². The van der Waals surface area contributed by atoms with Crippen molar-refractivity contribution in [3.63, 3.8) is 0 Å². The number of hydrogen-bond acceptors (Lipinski definition) is 5. The summed E-state index contributed by atoms with van der Waals surface area (Å²) in [5.74, 6) is 1.38. The van der Waals surface area contributed by atoms with Gasteiger partial charge >= 0.3 is 0 Å². The van der Waals surface area contributed by atoms with E-state index < -0.39 is 4.92 Å². The minimum atomic E-state index is -0.441. The first-order chi connectivity index (χ1) is 12.0. The maximum absolute atomic E-state index is 10.6. The van der Waals surface area contributed by atoms with Gasteiger partial charge in [0.25, 0.3) is 5.69 Å². The van der Waals surface area contributed by atoms with E-state index in [1.807, 2.05) is 18.2 Å². The Kier molecular flexibility index (Phi) is 6.53. The highest BCUT2D eigenvalue weighted by atomic mass is 32.1. The molecule has 2 aromatic carbocycles. The molecule has 2 N–H and O–H groups in total. The van der Waals surface area contributed by atoms with Crippen LogP contribution in [-0.4, -0.2) is 30.8 Å². The number of nitro benzene ring substituents is 1. The number of thiocarbonyl (C=S) groups is 1. The molecule has 0 bridgehead atoms. The summed E-state index contributed by atoms with van der Waals surface area (Å²) in [6.07, 6.45) is 0.752. The summed E-state index contributed by atoms with van der Waals surface area (Å²) in [5.41, 5.74) is 1.82. The number of benzene rings is 2. The molecule has 0 aliphatic carbocycles. The minimum Gasteiger partial charge on any atom is -0.493 e. The highest BCUT2D eigenvalue weighted by Crippen LogP contribution is 2.27. The lowest BCUT2D eigenvalue weighted by Gasteiger charge is -2.12. The first-order valence-electron chi connectivity index (χ1n) is 7.53. The van der Waals surface area contributed by atoms with Crippen LogP contribution >= 0.6 is 12.2 Å². The maximum atomic E-state index is 10.6. The predicted octanol–water partition coefficient (Wildman–Crippen LogP) is 3.14. The van der Waals surface area contributed by atoms with E-state index in [2.05, 4.69) is 10.6 Å². The third-order valence-electron chi connectivity index (χ3n) is 3.48. The Morgan fingerprint density at radius 3 is 2.40 bits per heavy atom. The number of methoxy groups -OCH3 is 2. The van der Waals surface area contributed by atoms with Gasteiger partial charge in [0.15, 0.2) is 16.6 Å². The van der Waals surface area contributed by atoms with Crippen LogP contribution in [0.1, 0.15) is 5.56 Å². The lowest BCUT2D eigenvalue weighted by molar-refractivity contribution is -0.384. The molecule has 25 heavy (non-hydrogen) atoms. The first-order valence-corrected chi connectivity index (χ1v) is 7.94. The Balaban J connectivity index is 1.83. The second-order valence-corrected chi connectivity index (χ2v) is 5.53. The topological polar surface area (TPSA) is 85.7 Å². The molecule has 7 nitrogen and oxygen atoms in total. The third-order valence-corrected chi connectivity index (χ3v) is 3.73. The van der Waals surface area contributed by atoms with E-state index in [0.29, 0.717) is 28.8 Å². The number of rotatable bonds is 7. The molecule has 132 valence electrons. The molecule has 0 radical (unpaired) electrons. The number of hydrogen-bond donors (Lipinski definition) is 2. The molecule has 0 saturated heterocycles. The smallest absolute Gasteiger partial charge is 0.269 e. The number of ether oxygens (including phenoxy) is 2. The molecule has 0 heterocycles. The van der Waals surface area contributed by atoms with E-state index in [1.165, 1.54) is 12.1 Å². The lowest BCUT2D eigenvalue weighted by Crippen LogP contribution is -2.30. The molecule has 0 aromatic heterocycles. The quantitative estimate of drug-likeness (QED) is 0.445. The van der Waals surface area contributed by atoms with Crippen molar-refractivity contribution in [3.05, 3.63) is 58.1 Å². The first kappa shape index (κ1) is 18.5. The molecule has 0 fully saturated rings. The second-order valence-electron chi connectivity index (χ2n) is 5.12. The molecule has 2 rings (SSSR count). The van der Waals surface area contributed by atoms with E-state index in [4.69, 9.17) is 21.7 Å². The van der Waals surface area contributed by atoms with Crippen LogP contribution < -0.4 is 20.1 Å². The molecule has 0 saturated carbocycles. The van der Waals surface area contributed by atoms with Crippen LogP contribution in [0.4, 0.5) is 11.4 Å². The molecule has 8 heteroatoms. The van der Waals surface area contributed by atoms with Gasteiger partial charge in [0.2, 0.25) is 0 Å². The van der Waals surface area contributed by atoms with Gasteiger partial charge in [0.05, 0.1) is 19.1 Å². The largest absolute Gasteiger partial charge is 0.493 e. The van der Waals surface area contributed by atoms with E-state index in [0.717, 1.165) is 12.0 Å². The fraction of sp³-hybridized carbons (Fsp3) is 0.235. The molecule has 0 unspecified atom stereocenters. The van der Waals surface area contributed by atoms with Gasteiger partial charge in [-0.05, 0) is 48.5 Å². The average molecular weight is 361 g/mol. The number of nitrogens with one attached hydrogen (secondary N) is 2. The van der Waals surface area contributed by atoms with Gasteiger partial charge in [-0.1, -0.05) is 6.07 Å². The van der Waals surface area contributed by atoms with Crippen molar-refractivity contribution in [2.24, 2.45) is 0 Å². The summed E-state index contributed by atoms with van der Waals surface area (Å²) in [6.45, 7) is 0.633. The van der Waals surface area contributed by atoms with Crippen LogP contribution in [0.25, 0.3) is 0 Å². The van der Waals surface area contributed by atoms with E-state index in [-0.39, 0.29) is 5.69 Å². The number of nitro groups is 1. The van der Waals surface area contributed by atoms with E-state index >= 15 is 0 Å². The van der Waals surface area contributed by atoms with Gasteiger partial charge in [0, 0.05) is 24.4 Å². The number of nitrogens with zero attached hydrogens (tertiary/aromatic N) is 1. The predicted molar refractivity (Wildman–Crippen MR) is 101 cm³/mol. The monoisotopic (exact) mass is 361 g/mol. The van der Waals surface area contributed by atoms with Crippen LogP contribution in [0.3, 0.4) is 0 Å². The van der Waals surface area contributed by atoms with E-state index in [1.54, 1.807) is 26.4 Å². The SMILES string of the molecule is COc1ccc(CCNC(=S)Nc2ccc([N+](=O)[O-])cc2)cc1OC. The van der Waals surface area contributed by atoms with Gasteiger partial charge in [0.1, 0.15) is 0 Å². The van der Waals surface area contributed by atoms with Crippen LogP contribution in [0, 0.1) is 10.1 Å². The van der Waals surface area contributed by atoms with Gasteiger partial charge in [-0.15, -0.1) is 0 Å². The molecule has 0 atom stereocenters. The van der Waals surface area contributed by atoms with Crippen LogP contribution in [0.15, 0.2) is 42.5 Å². The minimum absolute atomic E-state index is 0.0397. The molecule has 0 aliphatic heterocycles. The summed E-state index contributed by atoms with van der Waals surface area (Å²) in [7, 11) is 3.20. The molecule has 0 spiro atoms. The molecular weight excluding hydrogens is 342 g/mol. The van der Waals surface area contributed by atoms with Crippen LogP contribution in [0.5, 0.6) is 11.5 Å². The van der Waals surface area contributed by atoms with Gasteiger partial charge in [-0.2, -0.15) is 0 Å². The Morgan fingerprint density at radius 2 is 1.80 bits per heavy atom. The molecular formula is C17H19N3O4S. The van der Waals surface area contributed by atoms with Crippen molar-refractivity contribution in [1.29, 1.82) is 0 Å². The summed E-state index contributed by atoms with van der Waals surface area (Å²) < 4.78 is 10.5. The average Bonchev–Trinajstić information content (AvgIpc) is 2.62. The Labute approximate surface area is 151 Å². The van der Waals surface area contributed by atoms with Crippen molar-refractivity contribution < 1.29 is 14.4 Å². The molecule has 2 aromatic rings. The van der Waals surface area contributed by atoms with Crippen molar-refractivity contribution >= 4 is 28.7 Å². The Hall–Kier alpha value is -2.87. The van der Waals surface area contributed by atoms with Crippen LogP contribution in [-0.2, 0) is 6.42 Å². The highest BCUT2D eigenvalue weighted by Gasteiger charge is 2.06.